The zero-order valence-corrected chi connectivity index (χ0v) is 11.6. The Morgan fingerprint density at radius 2 is 2.17 bits per heavy atom. The molecule has 0 bridgehead atoms. The van der Waals surface area contributed by atoms with Gasteiger partial charge in [-0.3, -0.25) is 9.88 Å². The van der Waals surface area contributed by atoms with Crippen LogP contribution in [0.1, 0.15) is 25.2 Å². The highest BCUT2D eigenvalue weighted by Gasteiger charge is 2.11. The lowest BCUT2D eigenvalue weighted by Crippen LogP contribution is -2.34. The Hall–Kier alpha value is -0.970. The van der Waals surface area contributed by atoms with Crippen molar-refractivity contribution in [3.05, 3.63) is 29.6 Å². The van der Waals surface area contributed by atoms with Gasteiger partial charge in [0.15, 0.2) is 0 Å². The molecule has 1 N–H and O–H groups in total. The van der Waals surface area contributed by atoms with Gasteiger partial charge in [0.05, 0.1) is 18.4 Å². The third kappa shape index (κ3) is 5.58. The SMILES string of the molecule is CCOCC(O)CN(CC)Cc1cccc(C)n1. The molecule has 1 rings (SSSR count). The molecule has 18 heavy (non-hydrogen) atoms. The first-order valence-electron chi connectivity index (χ1n) is 6.56. The molecule has 0 fully saturated rings. The topological polar surface area (TPSA) is 45.6 Å². The number of hydrogen-bond donors (Lipinski definition) is 1. The molecule has 0 saturated heterocycles. The molecule has 4 heteroatoms. The van der Waals surface area contributed by atoms with Crippen molar-refractivity contribution in [3.8, 4) is 0 Å². The van der Waals surface area contributed by atoms with Crippen molar-refractivity contribution in [2.75, 3.05) is 26.3 Å². The van der Waals surface area contributed by atoms with Crippen LogP contribution in [0.2, 0.25) is 0 Å². The van der Waals surface area contributed by atoms with Crippen LogP contribution in [0.5, 0.6) is 0 Å². The van der Waals surface area contributed by atoms with Gasteiger partial charge in [0, 0.05) is 25.4 Å². The summed E-state index contributed by atoms with van der Waals surface area (Å²) in [4.78, 5) is 6.65. The predicted molar refractivity (Wildman–Crippen MR) is 72.4 cm³/mol. The number of nitrogens with zero attached hydrogens (tertiary/aromatic N) is 2. The van der Waals surface area contributed by atoms with Crippen molar-refractivity contribution >= 4 is 0 Å². The Morgan fingerprint density at radius 1 is 1.39 bits per heavy atom. The molecule has 0 amide bonds. The largest absolute Gasteiger partial charge is 0.389 e. The standard InChI is InChI=1S/C14H24N2O2/c1-4-16(10-14(17)11-18-5-2)9-13-8-6-7-12(3)15-13/h6-8,14,17H,4-5,9-11H2,1-3H3. The predicted octanol–water partition coefficient (Wildman–Crippen LogP) is 1.61. The second-order valence-corrected chi connectivity index (χ2v) is 4.41. The van der Waals surface area contributed by atoms with E-state index in [1.54, 1.807) is 0 Å². The molecule has 1 aromatic rings. The van der Waals surface area contributed by atoms with E-state index in [1.807, 2.05) is 32.0 Å². The van der Waals surface area contributed by atoms with E-state index in [0.717, 1.165) is 24.5 Å². The Labute approximate surface area is 110 Å². The zero-order chi connectivity index (χ0) is 13.4. The molecule has 102 valence electrons. The summed E-state index contributed by atoms with van der Waals surface area (Å²) in [5.41, 5.74) is 2.07. The Bertz CT molecular complexity index is 344. The highest BCUT2D eigenvalue weighted by Crippen LogP contribution is 2.04. The number of pyridine rings is 1. The molecule has 0 aliphatic carbocycles. The summed E-state index contributed by atoms with van der Waals surface area (Å²) in [6, 6.07) is 6.02. The zero-order valence-electron chi connectivity index (χ0n) is 11.6. The number of likely N-dealkylation sites (N-methyl/N-ethyl adjacent to an activating group) is 1. The lowest BCUT2D eigenvalue weighted by Gasteiger charge is -2.23. The third-order valence-corrected chi connectivity index (χ3v) is 2.76. The lowest BCUT2D eigenvalue weighted by atomic mass is 10.2. The summed E-state index contributed by atoms with van der Waals surface area (Å²) in [6.07, 6.45) is -0.435. The van der Waals surface area contributed by atoms with Gasteiger partial charge in [0.2, 0.25) is 0 Å². The van der Waals surface area contributed by atoms with Gasteiger partial charge in [0.1, 0.15) is 0 Å². The molecular formula is C14H24N2O2. The van der Waals surface area contributed by atoms with Crippen LogP contribution in [-0.4, -0.2) is 47.4 Å². The van der Waals surface area contributed by atoms with Crippen LogP contribution in [0.4, 0.5) is 0 Å². The molecule has 1 heterocycles. The first-order chi connectivity index (χ1) is 8.65. The summed E-state index contributed by atoms with van der Waals surface area (Å²) < 4.78 is 5.22. The van der Waals surface area contributed by atoms with Gasteiger partial charge < -0.3 is 9.84 Å². The highest BCUT2D eigenvalue weighted by molar-refractivity contribution is 5.09. The maximum Gasteiger partial charge on any atom is 0.0900 e. The maximum atomic E-state index is 9.83. The number of rotatable bonds is 8. The number of hydrogen-bond acceptors (Lipinski definition) is 4. The molecule has 1 atom stereocenters. The fourth-order valence-corrected chi connectivity index (χ4v) is 1.83. The monoisotopic (exact) mass is 252 g/mol. The summed E-state index contributed by atoms with van der Waals surface area (Å²) >= 11 is 0. The van der Waals surface area contributed by atoms with Crippen LogP contribution < -0.4 is 0 Å². The van der Waals surface area contributed by atoms with E-state index < -0.39 is 6.10 Å². The molecule has 0 spiro atoms. The van der Waals surface area contributed by atoms with Crippen LogP contribution in [0.15, 0.2) is 18.2 Å². The average Bonchev–Trinajstić information content (AvgIpc) is 2.35. The van der Waals surface area contributed by atoms with Gasteiger partial charge in [0.25, 0.3) is 0 Å². The van der Waals surface area contributed by atoms with E-state index >= 15 is 0 Å². The number of aryl methyl sites for hydroxylation is 1. The molecule has 1 unspecified atom stereocenters. The van der Waals surface area contributed by atoms with Crippen molar-refractivity contribution in [3.63, 3.8) is 0 Å². The van der Waals surface area contributed by atoms with E-state index in [0.29, 0.717) is 19.8 Å². The van der Waals surface area contributed by atoms with Gasteiger partial charge in [-0.05, 0) is 32.5 Å². The smallest absolute Gasteiger partial charge is 0.0900 e. The van der Waals surface area contributed by atoms with E-state index in [4.69, 9.17) is 4.74 Å². The normalized spacial score (nSPS) is 12.9. The van der Waals surface area contributed by atoms with E-state index in [1.165, 1.54) is 0 Å². The quantitative estimate of drug-likeness (QED) is 0.763. The van der Waals surface area contributed by atoms with Gasteiger partial charge >= 0.3 is 0 Å². The Balaban J connectivity index is 2.46. The molecule has 0 radical (unpaired) electrons. The fraction of sp³-hybridized carbons (Fsp3) is 0.643. The number of ether oxygens (including phenoxy) is 1. The van der Waals surface area contributed by atoms with E-state index in [9.17, 15) is 5.11 Å². The minimum absolute atomic E-state index is 0.397. The van der Waals surface area contributed by atoms with Crippen molar-refractivity contribution in [2.24, 2.45) is 0 Å². The summed E-state index contributed by atoms with van der Waals surface area (Å²) in [6.45, 7) is 9.32. The van der Waals surface area contributed by atoms with E-state index in [2.05, 4.69) is 16.8 Å². The van der Waals surface area contributed by atoms with Crippen LogP contribution in [0.3, 0.4) is 0 Å². The molecule has 0 saturated carbocycles. The summed E-state index contributed by atoms with van der Waals surface area (Å²) in [7, 11) is 0. The van der Waals surface area contributed by atoms with Gasteiger partial charge in [-0.1, -0.05) is 13.0 Å². The molecule has 0 aliphatic rings. The summed E-state index contributed by atoms with van der Waals surface area (Å²) in [5, 5.41) is 9.83. The highest BCUT2D eigenvalue weighted by atomic mass is 16.5. The number of aliphatic hydroxyl groups excluding tert-OH is 1. The number of aliphatic hydroxyl groups is 1. The fourth-order valence-electron chi connectivity index (χ4n) is 1.83. The first-order valence-corrected chi connectivity index (χ1v) is 6.56. The van der Waals surface area contributed by atoms with Crippen LogP contribution >= 0.6 is 0 Å². The minimum atomic E-state index is -0.435. The molecule has 1 aromatic heterocycles. The molecular weight excluding hydrogens is 228 g/mol. The van der Waals surface area contributed by atoms with Crippen molar-refractivity contribution in [1.82, 2.24) is 9.88 Å². The lowest BCUT2D eigenvalue weighted by molar-refractivity contribution is 0.0204. The van der Waals surface area contributed by atoms with Gasteiger partial charge in [-0.15, -0.1) is 0 Å². The third-order valence-electron chi connectivity index (χ3n) is 2.76. The second-order valence-electron chi connectivity index (χ2n) is 4.41. The van der Waals surface area contributed by atoms with Crippen molar-refractivity contribution < 1.29 is 9.84 Å². The summed E-state index contributed by atoms with van der Waals surface area (Å²) in [5.74, 6) is 0. The van der Waals surface area contributed by atoms with Crippen LogP contribution in [0, 0.1) is 6.92 Å². The minimum Gasteiger partial charge on any atom is -0.389 e. The van der Waals surface area contributed by atoms with E-state index in [-0.39, 0.29) is 0 Å². The molecule has 4 nitrogen and oxygen atoms in total. The van der Waals surface area contributed by atoms with Crippen LogP contribution in [-0.2, 0) is 11.3 Å². The van der Waals surface area contributed by atoms with Crippen LogP contribution in [0.25, 0.3) is 0 Å². The Kier molecular flexibility index (Phi) is 6.86. The maximum absolute atomic E-state index is 9.83. The van der Waals surface area contributed by atoms with Gasteiger partial charge in [-0.25, -0.2) is 0 Å². The average molecular weight is 252 g/mol. The van der Waals surface area contributed by atoms with Crippen molar-refractivity contribution in [1.29, 1.82) is 0 Å². The molecule has 0 aliphatic heterocycles. The number of aromatic nitrogens is 1. The Morgan fingerprint density at radius 3 is 2.78 bits per heavy atom. The second kappa shape index (κ2) is 8.19. The first kappa shape index (κ1) is 15.1. The molecule has 0 aromatic carbocycles. The van der Waals surface area contributed by atoms with Crippen molar-refractivity contribution in [2.45, 2.75) is 33.4 Å². The van der Waals surface area contributed by atoms with Gasteiger partial charge in [-0.2, -0.15) is 0 Å².